The molecule has 0 amide bonds. The first kappa shape index (κ1) is 27.5. The molecule has 30 heavy (non-hydrogen) atoms. The van der Waals surface area contributed by atoms with E-state index in [0.29, 0.717) is 0 Å². The van der Waals surface area contributed by atoms with Gasteiger partial charge in [-0.3, -0.25) is 0 Å². The minimum Gasteiger partial charge on any atom is -0.138 e. The normalized spacial score (nSPS) is 21.6. The van der Waals surface area contributed by atoms with Gasteiger partial charge < -0.3 is 0 Å². The van der Waals surface area contributed by atoms with E-state index in [9.17, 15) is 0 Å². The third-order valence-corrected chi connectivity index (χ3v) is 16.7. The summed E-state index contributed by atoms with van der Waals surface area (Å²) in [6.07, 6.45) is 30.4. The SMILES string of the molecule is CCCP(CCC)C1(C(CCP)C2(P(CCC)CCC)CCCCC2)CCCCC1. The first-order chi connectivity index (χ1) is 14.6. The van der Waals surface area contributed by atoms with Gasteiger partial charge in [-0.15, -0.1) is 25.1 Å². The molecule has 3 heteroatoms. The van der Waals surface area contributed by atoms with Crippen LogP contribution in [-0.4, -0.2) is 41.1 Å². The lowest BCUT2D eigenvalue weighted by Gasteiger charge is -2.60. The van der Waals surface area contributed by atoms with Crippen LogP contribution in [0.3, 0.4) is 0 Å². The summed E-state index contributed by atoms with van der Waals surface area (Å²) in [7, 11) is 3.55. The molecule has 0 aliphatic heterocycles. The zero-order chi connectivity index (χ0) is 21.9. The van der Waals surface area contributed by atoms with Gasteiger partial charge in [0.15, 0.2) is 0 Å². The van der Waals surface area contributed by atoms with E-state index < -0.39 is 0 Å². The van der Waals surface area contributed by atoms with E-state index in [-0.39, 0.29) is 15.8 Å². The predicted molar refractivity (Wildman–Crippen MR) is 149 cm³/mol. The fourth-order valence-electron chi connectivity index (χ4n) is 7.50. The summed E-state index contributed by atoms with van der Waals surface area (Å²) in [5.74, 6) is 1.04. The van der Waals surface area contributed by atoms with Gasteiger partial charge >= 0.3 is 0 Å². The minimum atomic E-state index is 0.187. The van der Waals surface area contributed by atoms with Gasteiger partial charge in [0.05, 0.1) is 0 Å². The quantitative estimate of drug-likeness (QED) is 0.221. The molecular weight excluding hydrogens is 417 g/mol. The van der Waals surface area contributed by atoms with Crippen LogP contribution in [-0.2, 0) is 0 Å². The summed E-state index contributed by atoms with van der Waals surface area (Å²) in [6.45, 7) is 9.90. The molecule has 0 N–H and O–H groups in total. The molecule has 2 aliphatic carbocycles. The van der Waals surface area contributed by atoms with Crippen molar-refractivity contribution >= 4 is 25.1 Å². The Bertz CT molecular complexity index is 387. The fraction of sp³-hybridized carbons (Fsp3) is 1.00. The highest BCUT2D eigenvalue weighted by molar-refractivity contribution is 7.60. The lowest BCUT2D eigenvalue weighted by Crippen LogP contribution is -2.53. The van der Waals surface area contributed by atoms with Crippen LogP contribution in [0.4, 0.5) is 0 Å². The maximum absolute atomic E-state index is 3.18. The first-order valence-corrected chi connectivity index (χ1v) is 18.1. The van der Waals surface area contributed by atoms with Crippen molar-refractivity contribution in [2.45, 2.75) is 134 Å². The van der Waals surface area contributed by atoms with Crippen LogP contribution in [0.2, 0.25) is 0 Å². The summed E-state index contributed by atoms with van der Waals surface area (Å²) in [4.78, 5) is 0. The van der Waals surface area contributed by atoms with Gasteiger partial charge in [0.2, 0.25) is 0 Å². The van der Waals surface area contributed by atoms with Crippen molar-refractivity contribution < 1.29 is 0 Å². The third-order valence-electron chi connectivity index (χ3n) is 8.43. The van der Waals surface area contributed by atoms with Crippen LogP contribution in [0.1, 0.15) is 124 Å². The Kier molecular flexibility index (Phi) is 13.3. The van der Waals surface area contributed by atoms with E-state index >= 15 is 0 Å². The van der Waals surface area contributed by atoms with E-state index in [0.717, 1.165) is 16.2 Å². The van der Waals surface area contributed by atoms with Gasteiger partial charge in [0.25, 0.3) is 0 Å². The van der Waals surface area contributed by atoms with Crippen LogP contribution in [0, 0.1) is 5.92 Å². The Morgan fingerprint density at radius 1 is 0.600 bits per heavy atom. The van der Waals surface area contributed by atoms with Crippen LogP contribution in [0.25, 0.3) is 0 Å². The Labute approximate surface area is 196 Å². The molecule has 0 heterocycles. The lowest BCUT2D eigenvalue weighted by atomic mass is 9.67. The molecule has 178 valence electrons. The Balaban J connectivity index is 2.56. The lowest BCUT2D eigenvalue weighted by molar-refractivity contribution is 0.182. The molecule has 0 aromatic heterocycles. The topological polar surface area (TPSA) is 0 Å². The van der Waals surface area contributed by atoms with E-state index in [2.05, 4.69) is 36.9 Å². The predicted octanol–water partition coefficient (Wildman–Crippen LogP) is 9.88. The zero-order valence-electron chi connectivity index (χ0n) is 21.2. The summed E-state index contributed by atoms with van der Waals surface area (Å²) >= 11 is 0. The van der Waals surface area contributed by atoms with E-state index in [1.807, 2.05) is 0 Å². The largest absolute Gasteiger partial charge is 0.138 e. The molecule has 0 bridgehead atoms. The maximum atomic E-state index is 3.18. The molecule has 1 atom stereocenters. The summed E-state index contributed by atoms with van der Waals surface area (Å²) < 4.78 is 0. The maximum Gasteiger partial charge on any atom is -0.00574 e. The molecule has 2 saturated carbocycles. The standard InChI is InChI=1S/C27H55P3/c1-5-21-29(22-6-2)26(16-11-9-12-17-26)25(15-20-28)27(18-13-10-14-19-27)30(23-7-3)24-8-4/h25H,5-24,28H2,1-4H3. The highest BCUT2D eigenvalue weighted by atomic mass is 31.1. The second-order valence-corrected chi connectivity index (χ2v) is 16.7. The monoisotopic (exact) mass is 472 g/mol. The molecule has 0 nitrogen and oxygen atoms in total. The van der Waals surface area contributed by atoms with Crippen LogP contribution in [0.5, 0.6) is 0 Å². The summed E-state index contributed by atoms with van der Waals surface area (Å²) in [5, 5.41) is 1.46. The van der Waals surface area contributed by atoms with Crippen molar-refractivity contribution in [1.82, 2.24) is 0 Å². The molecule has 0 aromatic rings. The first-order valence-electron chi connectivity index (χ1n) is 13.8. The molecule has 2 fully saturated rings. The molecule has 2 rings (SSSR count). The second kappa shape index (κ2) is 14.5. The fourth-order valence-corrected chi connectivity index (χ4v) is 15.9. The Morgan fingerprint density at radius 3 is 1.20 bits per heavy atom. The highest BCUT2D eigenvalue weighted by Crippen LogP contribution is 2.71. The van der Waals surface area contributed by atoms with Crippen molar-refractivity contribution in [1.29, 1.82) is 0 Å². The minimum absolute atomic E-state index is 0.187. The molecule has 0 aromatic carbocycles. The van der Waals surface area contributed by atoms with Crippen LogP contribution >= 0.6 is 25.1 Å². The van der Waals surface area contributed by atoms with Crippen LogP contribution < -0.4 is 0 Å². The highest BCUT2D eigenvalue weighted by Gasteiger charge is 2.55. The van der Waals surface area contributed by atoms with Crippen molar-refractivity contribution in [3.63, 3.8) is 0 Å². The Morgan fingerprint density at radius 2 is 0.933 bits per heavy atom. The average molecular weight is 473 g/mol. The number of hydrogen-bond donors (Lipinski definition) is 0. The van der Waals surface area contributed by atoms with Crippen molar-refractivity contribution in [3.8, 4) is 0 Å². The molecule has 2 aliphatic rings. The van der Waals surface area contributed by atoms with Crippen molar-refractivity contribution in [2.75, 3.05) is 30.8 Å². The smallest absolute Gasteiger partial charge is 0.00574 e. The molecule has 0 spiro atoms. The van der Waals surface area contributed by atoms with Crippen LogP contribution in [0.15, 0.2) is 0 Å². The zero-order valence-corrected chi connectivity index (χ0v) is 24.1. The summed E-state index contributed by atoms with van der Waals surface area (Å²) in [5.41, 5.74) is 0. The molecule has 0 saturated heterocycles. The summed E-state index contributed by atoms with van der Waals surface area (Å²) in [6, 6.07) is 0. The molecular formula is C27H55P3. The second-order valence-electron chi connectivity index (χ2n) is 10.4. The van der Waals surface area contributed by atoms with Gasteiger partial charge in [0, 0.05) is 0 Å². The Hall–Kier alpha value is 1.29. The molecule has 0 radical (unpaired) electrons. The van der Waals surface area contributed by atoms with Gasteiger partial charge in [-0.25, -0.2) is 0 Å². The van der Waals surface area contributed by atoms with Crippen molar-refractivity contribution in [3.05, 3.63) is 0 Å². The van der Waals surface area contributed by atoms with Crippen molar-refractivity contribution in [2.24, 2.45) is 5.92 Å². The van der Waals surface area contributed by atoms with Gasteiger partial charge in [-0.2, -0.15) is 0 Å². The van der Waals surface area contributed by atoms with E-state index in [1.165, 1.54) is 76.8 Å². The van der Waals surface area contributed by atoms with E-state index in [4.69, 9.17) is 0 Å². The third kappa shape index (κ3) is 6.45. The van der Waals surface area contributed by atoms with E-state index in [1.54, 1.807) is 50.3 Å². The number of hydrogen-bond acceptors (Lipinski definition) is 0. The van der Waals surface area contributed by atoms with Gasteiger partial charge in [-0.1, -0.05) is 91.9 Å². The number of rotatable bonds is 14. The van der Waals surface area contributed by atoms with Gasteiger partial charge in [0.1, 0.15) is 0 Å². The van der Waals surface area contributed by atoms with Gasteiger partial charge in [-0.05, 0) is 79.1 Å². The molecule has 1 unspecified atom stereocenters. The average Bonchev–Trinajstić information content (AvgIpc) is 2.78.